The average Bonchev–Trinajstić information content (AvgIpc) is 3.03. The monoisotopic (exact) mass is 497 g/mol. The molecule has 7 heteroatoms. The summed E-state index contributed by atoms with van der Waals surface area (Å²) in [5.74, 6) is -0.201. The summed E-state index contributed by atoms with van der Waals surface area (Å²) in [5.41, 5.74) is 0.0595. The molecule has 1 aliphatic carbocycles. The Labute approximate surface area is 208 Å². The van der Waals surface area contributed by atoms with Gasteiger partial charge in [-0.2, -0.15) is 0 Å². The molecule has 0 aromatic heterocycles. The zero-order chi connectivity index (χ0) is 24.6. The molecule has 1 spiro atoms. The second kappa shape index (κ2) is 12.9. The maximum atomic E-state index is 12.6. The molecule has 1 aliphatic heterocycles. The molecule has 0 saturated carbocycles. The Hall–Kier alpha value is -1.40. The van der Waals surface area contributed by atoms with Crippen molar-refractivity contribution in [1.29, 1.82) is 0 Å². The molecular weight excluding hydrogens is 461 g/mol. The third-order valence-corrected chi connectivity index (χ3v) is 6.23. The van der Waals surface area contributed by atoms with E-state index < -0.39 is 23.7 Å². The van der Waals surface area contributed by atoms with Crippen LogP contribution in [0.1, 0.15) is 73.1 Å². The molecule has 1 fully saturated rings. The van der Waals surface area contributed by atoms with Crippen molar-refractivity contribution in [1.82, 2.24) is 5.32 Å². The molecule has 2 aliphatic rings. The highest BCUT2D eigenvalue weighted by atomic mass is 35.5. The summed E-state index contributed by atoms with van der Waals surface area (Å²) in [7, 11) is 0. The van der Waals surface area contributed by atoms with Crippen LogP contribution in [0.25, 0.3) is 0 Å². The van der Waals surface area contributed by atoms with Crippen LogP contribution in [0.4, 0.5) is 0 Å². The number of amides is 1. The van der Waals surface area contributed by atoms with Crippen molar-refractivity contribution in [3.63, 3.8) is 0 Å². The summed E-state index contributed by atoms with van der Waals surface area (Å²) in [6.07, 6.45) is 14.3. The number of Topliss-reactive ketones (excluding diaryl/α,β-unsaturated/α-hetero) is 1. The SMILES string of the molecule is CCCCCC[C@@H](C)/C=C(C)/C=C/C(=O)N[C@H]1CC2(C=C(Cl)C(=O)C(Cl)=C2)O[C@H]1OC(C)C. The van der Waals surface area contributed by atoms with E-state index in [9.17, 15) is 9.59 Å². The van der Waals surface area contributed by atoms with Gasteiger partial charge in [-0.05, 0) is 45.3 Å². The molecule has 1 saturated heterocycles. The predicted octanol–water partition coefficient (Wildman–Crippen LogP) is 6.32. The van der Waals surface area contributed by atoms with E-state index in [4.69, 9.17) is 32.7 Å². The third kappa shape index (κ3) is 8.71. The fraction of sp³-hybridized carbons (Fsp3) is 0.615. The van der Waals surface area contributed by atoms with Gasteiger partial charge in [-0.3, -0.25) is 9.59 Å². The fourth-order valence-corrected chi connectivity index (χ4v) is 4.74. The third-order valence-electron chi connectivity index (χ3n) is 5.67. The molecule has 1 amide bonds. The number of hydrogen-bond acceptors (Lipinski definition) is 4. The number of ether oxygens (including phenoxy) is 2. The number of rotatable bonds is 11. The van der Waals surface area contributed by atoms with Gasteiger partial charge >= 0.3 is 0 Å². The van der Waals surface area contributed by atoms with Gasteiger partial charge in [0.2, 0.25) is 11.7 Å². The second-order valence-corrected chi connectivity index (χ2v) is 10.1. The molecule has 5 nitrogen and oxygen atoms in total. The first-order valence-corrected chi connectivity index (χ1v) is 12.6. The van der Waals surface area contributed by atoms with Crippen LogP contribution in [0.15, 0.2) is 46.0 Å². The fourth-order valence-electron chi connectivity index (χ4n) is 4.12. The Kier molecular flexibility index (Phi) is 10.9. The molecule has 0 bridgehead atoms. The van der Waals surface area contributed by atoms with Gasteiger partial charge in [0.05, 0.1) is 22.2 Å². The minimum atomic E-state index is -0.994. The van der Waals surface area contributed by atoms with E-state index in [0.29, 0.717) is 12.3 Å². The first kappa shape index (κ1) is 27.8. The average molecular weight is 498 g/mol. The molecular formula is C26H37Cl2NO4. The van der Waals surface area contributed by atoms with Crippen molar-refractivity contribution in [2.24, 2.45) is 5.92 Å². The second-order valence-electron chi connectivity index (χ2n) is 9.33. The Morgan fingerprint density at radius 2 is 1.88 bits per heavy atom. The number of carbonyl (C=O) groups excluding carboxylic acids is 2. The van der Waals surface area contributed by atoms with Crippen LogP contribution in [0.3, 0.4) is 0 Å². The number of carbonyl (C=O) groups is 2. The number of hydrogen-bond donors (Lipinski definition) is 1. The molecule has 0 aromatic rings. The van der Waals surface area contributed by atoms with E-state index in [1.54, 1.807) is 0 Å². The largest absolute Gasteiger partial charge is 0.348 e. The highest BCUT2D eigenvalue weighted by Gasteiger charge is 2.48. The van der Waals surface area contributed by atoms with Crippen LogP contribution in [-0.2, 0) is 19.1 Å². The Balaban J connectivity index is 2.01. The van der Waals surface area contributed by atoms with Gasteiger partial charge in [0.15, 0.2) is 6.29 Å². The maximum Gasteiger partial charge on any atom is 0.244 e. The van der Waals surface area contributed by atoms with Crippen LogP contribution in [0.5, 0.6) is 0 Å². The van der Waals surface area contributed by atoms with E-state index in [1.165, 1.54) is 43.9 Å². The van der Waals surface area contributed by atoms with Gasteiger partial charge in [-0.25, -0.2) is 0 Å². The van der Waals surface area contributed by atoms with Crippen molar-refractivity contribution in [2.45, 2.75) is 97.2 Å². The number of halogens is 2. The first-order chi connectivity index (χ1) is 15.5. The summed E-state index contributed by atoms with van der Waals surface area (Å²) in [6, 6.07) is -0.430. The molecule has 33 heavy (non-hydrogen) atoms. The lowest BCUT2D eigenvalue weighted by atomic mass is 9.92. The zero-order valence-electron chi connectivity index (χ0n) is 20.3. The van der Waals surface area contributed by atoms with E-state index in [1.807, 2.05) is 26.8 Å². The molecule has 3 atom stereocenters. The topological polar surface area (TPSA) is 64.6 Å². The maximum absolute atomic E-state index is 12.6. The number of nitrogens with one attached hydrogen (secondary N) is 1. The minimum Gasteiger partial charge on any atom is -0.348 e. The van der Waals surface area contributed by atoms with Gasteiger partial charge in [0, 0.05) is 12.5 Å². The van der Waals surface area contributed by atoms with Gasteiger partial charge in [-0.15, -0.1) is 0 Å². The minimum absolute atomic E-state index is 0.00208. The lowest BCUT2D eigenvalue weighted by molar-refractivity contribution is -0.170. The van der Waals surface area contributed by atoms with E-state index >= 15 is 0 Å². The Bertz CT molecular complexity index is 806. The highest BCUT2D eigenvalue weighted by Crippen LogP contribution is 2.40. The van der Waals surface area contributed by atoms with Crippen LogP contribution in [-0.4, -0.2) is 35.7 Å². The molecule has 1 heterocycles. The molecule has 184 valence electrons. The van der Waals surface area contributed by atoms with E-state index in [2.05, 4.69) is 25.2 Å². The molecule has 0 aromatic carbocycles. The standard InChI is InChI=1S/C26H37Cl2NO4/c1-6-7-8-9-10-18(4)13-19(5)11-12-23(30)29-22-16-26(33-25(22)32-17(2)3)14-20(27)24(31)21(28)15-26/h11-15,17-18,22,25H,6-10,16H2,1-5H3,(H,29,30)/b12-11+,19-13+/t18-,22+,25-/m1/s1. The van der Waals surface area contributed by atoms with Crippen molar-refractivity contribution < 1.29 is 19.1 Å². The zero-order valence-corrected chi connectivity index (χ0v) is 21.8. The quantitative estimate of drug-likeness (QED) is 0.206. The summed E-state index contributed by atoms with van der Waals surface area (Å²) in [4.78, 5) is 24.6. The number of ketones is 1. The van der Waals surface area contributed by atoms with Crippen molar-refractivity contribution >= 4 is 34.9 Å². The highest BCUT2D eigenvalue weighted by molar-refractivity contribution is 6.55. The summed E-state index contributed by atoms with van der Waals surface area (Å²) >= 11 is 12.1. The summed E-state index contributed by atoms with van der Waals surface area (Å²) in [6.45, 7) is 10.2. The lowest BCUT2D eigenvalue weighted by Crippen LogP contribution is -2.41. The van der Waals surface area contributed by atoms with Crippen molar-refractivity contribution in [3.8, 4) is 0 Å². The summed E-state index contributed by atoms with van der Waals surface area (Å²) < 4.78 is 12.0. The van der Waals surface area contributed by atoms with Crippen LogP contribution in [0.2, 0.25) is 0 Å². The van der Waals surface area contributed by atoms with E-state index in [0.717, 1.165) is 12.0 Å². The number of unbranched alkanes of at least 4 members (excludes halogenated alkanes) is 3. The first-order valence-electron chi connectivity index (χ1n) is 11.9. The van der Waals surface area contributed by atoms with Gasteiger partial charge in [-0.1, -0.05) is 80.5 Å². The van der Waals surface area contributed by atoms with Gasteiger partial charge < -0.3 is 14.8 Å². The number of allylic oxidation sites excluding steroid dienone is 5. The van der Waals surface area contributed by atoms with Crippen LogP contribution < -0.4 is 5.32 Å². The van der Waals surface area contributed by atoms with Crippen molar-refractivity contribution in [2.75, 3.05) is 0 Å². The normalized spacial score (nSPS) is 23.9. The van der Waals surface area contributed by atoms with Gasteiger partial charge in [0.25, 0.3) is 0 Å². The molecule has 0 unspecified atom stereocenters. The van der Waals surface area contributed by atoms with Crippen molar-refractivity contribution in [3.05, 3.63) is 46.0 Å². The van der Waals surface area contributed by atoms with E-state index in [-0.39, 0.29) is 22.1 Å². The Morgan fingerprint density at radius 1 is 1.21 bits per heavy atom. The van der Waals surface area contributed by atoms with Gasteiger partial charge in [0.1, 0.15) is 5.60 Å². The lowest BCUT2D eigenvalue weighted by Gasteiger charge is -2.26. The molecule has 0 radical (unpaired) electrons. The smallest absolute Gasteiger partial charge is 0.244 e. The van der Waals surface area contributed by atoms with Crippen LogP contribution >= 0.6 is 23.2 Å². The predicted molar refractivity (Wildman–Crippen MR) is 134 cm³/mol. The van der Waals surface area contributed by atoms with Crippen LogP contribution in [0, 0.1) is 5.92 Å². The summed E-state index contributed by atoms with van der Waals surface area (Å²) in [5, 5.41) is 2.98. The molecule has 1 N–H and O–H groups in total. The molecule has 2 rings (SSSR count). The Morgan fingerprint density at radius 3 is 2.48 bits per heavy atom.